The molecule has 0 radical (unpaired) electrons. The first kappa shape index (κ1) is 12.7. The topological polar surface area (TPSA) is 46.5 Å². The van der Waals surface area contributed by atoms with Crippen molar-refractivity contribution < 1.29 is 14.6 Å². The molecule has 0 aromatic heterocycles. The van der Waals surface area contributed by atoms with Crippen LogP contribution in [0.3, 0.4) is 0 Å². The molecule has 1 aromatic rings. The van der Waals surface area contributed by atoms with Gasteiger partial charge in [-0.05, 0) is 37.5 Å². The molecule has 88 valence electrons. The van der Waals surface area contributed by atoms with Crippen LogP contribution in [0.5, 0.6) is 0 Å². The molecule has 3 heteroatoms. The van der Waals surface area contributed by atoms with Gasteiger partial charge in [-0.3, -0.25) is 0 Å². The van der Waals surface area contributed by atoms with Gasteiger partial charge in [-0.1, -0.05) is 18.2 Å². The summed E-state index contributed by atoms with van der Waals surface area (Å²) >= 11 is 0. The maximum absolute atomic E-state index is 11.3. The molecular formula is C13H18O3. The highest BCUT2D eigenvalue weighted by Gasteiger charge is 2.31. The van der Waals surface area contributed by atoms with E-state index in [1.54, 1.807) is 0 Å². The zero-order valence-electron chi connectivity index (χ0n) is 10.2. The van der Waals surface area contributed by atoms with E-state index >= 15 is 0 Å². The molecule has 0 heterocycles. The average molecular weight is 222 g/mol. The normalized spacial score (nSPS) is 14.3. The number of carbonyl (C=O) groups is 1. The lowest BCUT2D eigenvalue weighted by Gasteiger charge is -2.20. The van der Waals surface area contributed by atoms with Crippen LogP contribution in [-0.4, -0.2) is 23.8 Å². The molecule has 0 aliphatic carbocycles. The van der Waals surface area contributed by atoms with Crippen LogP contribution >= 0.6 is 0 Å². The van der Waals surface area contributed by atoms with E-state index in [0.29, 0.717) is 0 Å². The minimum absolute atomic E-state index is 0.265. The van der Waals surface area contributed by atoms with Crippen LogP contribution in [0, 0.1) is 13.8 Å². The Labute approximate surface area is 96.1 Å². The molecule has 1 atom stereocenters. The molecule has 0 spiro atoms. The van der Waals surface area contributed by atoms with Gasteiger partial charge >= 0.3 is 5.97 Å². The fourth-order valence-corrected chi connectivity index (χ4v) is 1.60. The highest BCUT2D eigenvalue weighted by Crippen LogP contribution is 2.17. The lowest BCUT2D eigenvalue weighted by Crippen LogP contribution is -2.38. The minimum Gasteiger partial charge on any atom is -0.467 e. The predicted octanol–water partition coefficient (Wildman–Crippen LogP) is 1.77. The first-order valence-electron chi connectivity index (χ1n) is 5.24. The van der Waals surface area contributed by atoms with E-state index < -0.39 is 11.6 Å². The Balaban J connectivity index is 2.88. The monoisotopic (exact) mass is 222 g/mol. The minimum atomic E-state index is -1.46. The molecule has 1 unspecified atom stereocenters. The van der Waals surface area contributed by atoms with E-state index in [0.717, 1.165) is 11.1 Å². The second-order valence-electron chi connectivity index (χ2n) is 4.36. The number of hydrogen-bond acceptors (Lipinski definition) is 3. The molecule has 1 rings (SSSR count). The zero-order valence-corrected chi connectivity index (χ0v) is 10.2. The van der Waals surface area contributed by atoms with Gasteiger partial charge in [-0.15, -0.1) is 0 Å². The van der Waals surface area contributed by atoms with E-state index in [1.807, 2.05) is 32.0 Å². The van der Waals surface area contributed by atoms with Gasteiger partial charge in [0.15, 0.2) is 5.60 Å². The number of ether oxygens (including phenoxy) is 1. The molecule has 1 aromatic carbocycles. The Bertz CT molecular complexity index is 394. The first-order chi connectivity index (χ1) is 7.36. The summed E-state index contributed by atoms with van der Waals surface area (Å²) in [5, 5.41) is 9.92. The van der Waals surface area contributed by atoms with Crippen LogP contribution in [0.25, 0.3) is 0 Å². The third kappa shape index (κ3) is 2.83. The van der Waals surface area contributed by atoms with Crippen molar-refractivity contribution in [1.29, 1.82) is 0 Å². The maximum Gasteiger partial charge on any atom is 0.337 e. The molecule has 0 aliphatic rings. The summed E-state index contributed by atoms with van der Waals surface area (Å²) in [5.74, 6) is -0.606. The lowest BCUT2D eigenvalue weighted by atomic mass is 9.94. The number of methoxy groups -OCH3 is 1. The maximum atomic E-state index is 11.3. The van der Waals surface area contributed by atoms with Crippen molar-refractivity contribution in [3.8, 4) is 0 Å². The molecule has 0 bridgehead atoms. The van der Waals surface area contributed by atoms with Gasteiger partial charge in [-0.2, -0.15) is 0 Å². The van der Waals surface area contributed by atoms with Crippen molar-refractivity contribution in [2.75, 3.05) is 7.11 Å². The summed E-state index contributed by atoms with van der Waals surface area (Å²) in [6.07, 6.45) is 0.265. The van der Waals surface area contributed by atoms with E-state index in [2.05, 4.69) is 4.74 Å². The molecule has 0 saturated heterocycles. The summed E-state index contributed by atoms with van der Waals surface area (Å²) in [7, 11) is 1.27. The number of benzene rings is 1. The second-order valence-corrected chi connectivity index (χ2v) is 4.36. The van der Waals surface area contributed by atoms with Crippen molar-refractivity contribution in [1.82, 2.24) is 0 Å². The van der Waals surface area contributed by atoms with Crippen LogP contribution in [-0.2, 0) is 16.0 Å². The van der Waals surface area contributed by atoms with Crippen molar-refractivity contribution in [3.63, 3.8) is 0 Å². The Morgan fingerprint density at radius 2 is 2.00 bits per heavy atom. The highest BCUT2D eigenvalue weighted by atomic mass is 16.5. The van der Waals surface area contributed by atoms with Gasteiger partial charge in [0.1, 0.15) is 0 Å². The number of hydrogen-bond donors (Lipinski definition) is 1. The van der Waals surface area contributed by atoms with Crippen molar-refractivity contribution >= 4 is 5.97 Å². The standard InChI is InChI=1S/C13H18O3/c1-9-5-6-11(7-10(9)2)8-13(3,15)12(14)16-4/h5-7,15H,8H2,1-4H3. The van der Waals surface area contributed by atoms with E-state index in [4.69, 9.17) is 0 Å². The van der Waals surface area contributed by atoms with Gasteiger partial charge in [-0.25, -0.2) is 4.79 Å². The van der Waals surface area contributed by atoms with Crippen molar-refractivity contribution in [2.45, 2.75) is 32.8 Å². The van der Waals surface area contributed by atoms with Gasteiger partial charge < -0.3 is 9.84 Å². The number of esters is 1. The van der Waals surface area contributed by atoms with Gasteiger partial charge in [0.25, 0.3) is 0 Å². The molecule has 16 heavy (non-hydrogen) atoms. The SMILES string of the molecule is COC(=O)C(C)(O)Cc1ccc(C)c(C)c1. The van der Waals surface area contributed by atoms with E-state index in [9.17, 15) is 9.90 Å². The third-order valence-electron chi connectivity index (χ3n) is 2.74. The van der Waals surface area contributed by atoms with E-state index in [1.165, 1.54) is 19.6 Å². The number of aliphatic hydroxyl groups is 1. The second kappa shape index (κ2) is 4.66. The zero-order chi connectivity index (χ0) is 12.3. The summed E-state index contributed by atoms with van der Waals surface area (Å²) < 4.78 is 4.55. The molecule has 3 nitrogen and oxygen atoms in total. The Hall–Kier alpha value is -1.35. The number of carbonyl (C=O) groups excluding carboxylic acids is 1. The average Bonchev–Trinajstić information content (AvgIpc) is 2.22. The van der Waals surface area contributed by atoms with Gasteiger partial charge in [0.05, 0.1) is 7.11 Å². The van der Waals surface area contributed by atoms with Crippen LogP contribution in [0.1, 0.15) is 23.6 Å². The summed E-state index contributed by atoms with van der Waals surface area (Å²) in [6.45, 7) is 5.50. The van der Waals surface area contributed by atoms with Crippen LogP contribution in [0.15, 0.2) is 18.2 Å². The largest absolute Gasteiger partial charge is 0.467 e. The number of rotatable bonds is 3. The molecule has 0 fully saturated rings. The fourth-order valence-electron chi connectivity index (χ4n) is 1.60. The quantitative estimate of drug-likeness (QED) is 0.793. The fraction of sp³-hybridized carbons (Fsp3) is 0.462. The molecule has 1 N–H and O–H groups in total. The molecular weight excluding hydrogens is 204 g/mol. The third-order valence-corrected chi connectivity index (χ3v) is 2.74. The van der Waals surface area contributed by atoms with Gasteiger partial charge in [0, 0.05) is 6.42 Å². The predicted molar refractivity (Wildman–Crippen MR) is 62.3 cm³/mol. The smallest absolute Gasteiger partial charge is 0.337 e. The molecule has 0 aliphatic heterocycles. The van der Waals surface area contributed by atoms with Gasteiger partial charge in [0.2, 0.25) is 0 Å². The van der Waals surface area contributed by atoms with Crippen LogP contribution in [0.2, 0.25) is 0 Å². The summed E-state index contributed by atoms with van der Waals surface area (Å²) in [4.78, 5) is 11.3. The Morgan fingerprint density at radius 3 is 2.50 bits per heavy atom. The molecule has 0 amide bonds. The summed E-state index contributed by atoms with van der Waals surface area (Å²) in [5.41, 5.74) is 1.81. The lowest BCUT2D eigenvalue weighted by molar-refractivity contribution is -0.160. The first-order valence-corrected chi connectivity index (χ1v) is 5.24. The number of aryl methyl sites for hydroxylation is 2. The van der Waals surface area contributed by atoms with Crippen LogP contribution in [0.4, 0.5) is 0 Å². The van der Waals surface area contributed by atoms with Crippen LogP contribution < -0.4 is 0 Å². The highest BCUT2D eigenvalue weighted by molar-refractivity contribution is 5.79. The van der Waals surface area contributed by atoms with Crippen molar-refractivity contribution in [2.24, 2.45) is 0 Å². The Kier molecular flexibility index (Phi) is 3.70. The Morgan fingerprint density at radius 1 is 1.38 bits per heavy atom. The molecule has 0 saturated carbocycles. The van der Waals surface area contributed by atoms with E-state index in [-0.39, 0.29) is 6.42 Å². The summed E-state index contributed by atoms with van der Waals surface area (Å²) in [6, 6.07) is 5.88. The van der Waals surface area contributed by atoms with Crippen molar-refractivity contribution in [3.05, 3.63) is 34.9 Å².